The number of nitrogens with one attached hydrogen (secondary N) is 1. The number of likely N-dealkylation sites (N-methyl/N-ethyl adjacent to an activating group) is 1. The molecule has 1 aromatic heterocycles. The second kappa shape index (κ2) is 8.25. The molecule has 1 aliphatic carbocycles. The summed E-state index contributed by atoms with van der Waals surface area (Å²) in [7, 11) is 0. The van der Waals surface area contributed by atoms with E-state index in [1.807, 2.05) is 12.3 Å². The smallest absolute Gasteiger partial charge is 0.0378 e. The molecule has 20 heavy (non-hydrogen) atoms. The lowest BCUT2D eigenvalue weighted by Crippen LogP contribution is -2.38. The second-order valence-corrected chi connectivity index (χ2v) is 6.05. The Hall–Kier alpha value is -1.09. The first kappa shape index (κ1) is 15.3. The summed E-state index contributed by atoms with van der Waals surface area (Å²) in [6, 6.07) is 2.46. The summed E-state index contributed by atoms with van der Waals surface area (Å²) >= 11 is 0. The van der Waals surface area contributed by atoms with E-state index in [9.17, 15) is 0 Å². The number of pyridine rings is 1. The number of aromatic nitrogens is 1. The molecule has 0 spiro atoms. The van der Waals surface area contributed by atoms with Gasteiger partial charge in [0.05, 0.1) is 0 Å². The van der Waals surface area contributed by atoms with E-state index in [1.54, 1.807) is 6.20 Å². The first-order valence-corrected chi connectivity index (χ1v) is 8.23. The Labute approximate surface area is 123 Å². The summed E-state index contributed by atoms with van der Waals surface area (Å²) in [6.07, 6.45) is 14.4. The average Bonchev–Trinajstić information content (AvgIpc) is 2.40. The van der Waals surface area contributed by atoms with Crippen LogP contribution in [0.2, 0.25) is 0 Å². The van der Waals surface area contributed by atoms with E-state index < -0.39 is 0 Å². The van der Waals surface area contributed by atoms with Crippen molar-refractivity contribution in [2.45, 2.75) is 64.3 Å². The molecular formula is C17H29N3. The van der Waals surface area contributed by atoms with Gasteiger partial charge in [0.15, 0.2) is 0 Å². The number of rotatable bonds is 5. The fourth-order valence-corrected chi connectivity index (χ4v) is 3.40. The highest BCUT2D eigenvalue weighted by Crippen LogP contribution is 2.27. The van der Waals surface area contributed by atoms with Gasteiger partial charge in [0.1, 0.15) is 0 Å². The SMILES string of the molecule is CCNC(Cc1cnccc1N)C1CCCCCCC1. The van der Waals surface area contributed by atoms with Gasteiger partial charge < -0.3 is 11.1 Å². The van der Waals surface area contributed by atoms with Crippen LogP contribution in [0.3, 0.4) is 0 Å². The average molecular weight is 275 g/mol. The minimum atomic E-state index is 0.546. The molecule has 1 aliphatic rings. The monoisotopic (exact) mass is 275 g/mol. The van der Waals surface area contributed by atoms with E-state index in [0.29, 0.717) is 6.04 Å². The predicted octanol–water partition coefficient (Wildman–Crippen LogP) is 3.54. The summed E-state index contributed by atoms with van der Waals surface area (Å²) in [6.45, 7) is 3.23. The van der Waals surface area contributed by atoms with Crippen LogP contribution in [-0.4, -0.2) is 17.6 Å². The highest BCUT2D eigenvalue weighted by atomic mass is 14.9. The summed E-state index contributed by atoms with van der Waals surface area (Å²) in [5.74, 6) is 0.787. The van der Waals surface area contributed by atoms with Gasteiger partial charge in [-0.1, -0.05) is 39.0 Å². The maximum Gasteiger partial charge on any atom is 0.0378 e. The molecule has 112 valence electrons. The van der Waals surface area contributed by atoms with Crippen LogP contribution in [0.5, 0.6) is 0 Å². The molecule has 0 bridgehead atoms. The molecule has 0 radical (unpaired) electrons. The van der Waals surface area contributed by atoms with Crippen LogP contribution < -0.4 is 11.1 Å². The zero-order chi connectivity index (χ0) is 14.2. The fourth-order valence-electron chi connectivity index (χ4n) is 3.40. The van der Waals surface area contributed by atoms with Crippen molar-refractivity contribution in [2.75, 3.05) is 12.3 Å². The number of hydrogen-bond donors (Lipinski definition) is 2. The first-order valence-electron chi connectivity index (χ1n) is 8.23. The summed E-state index contributed by atoms with van der Waals surface area (Å²) in [4.78, 5) is 4.23. The molecule has 1 fully saturated rings. The fraction of sp³-hybridized carbons (Fsp3) is 0.706. The van der Waals surface area contributed by atoms with E-state index in [-0.39, 0.29) is 0 Å². The van der Waals surface area contributed by atoms with Crippen molar-refractivity contribution in [1.82, 2.24) is 10.3 Å². The minimum Gasteiger partial charge on any atom is -0.398 e. The molecule has 0 saturated heterocycles. The van der Waals surface area contributed by atoms with Gasteiger partial charge in [-0.2, -0.15) is 0 Å². The molecule has 1 heterocycles. The highest BCUT2D eigenvalue weighted by molar-refractivity contribution is 5.44. The number of hydrogen-bond acceptors (Lipinski definition) is 3. The molecule has 1 aromatic rings. The normalized spacial score (nSPS) is 19.2. The van der Waals surface area contributed by atoms with Gasteiger partial charge in [0.2, 0.25) is 0 Å². The molecule has 0 aromatic carbocycles. The molecule has 0 aliphatic heterocycles. The summed E-state index contributed by atoms with van der Waals surface area (Å²) in [5, 5.41) is 3.69. The van der Waals surface area contributed by atoms with Gasteiger partial charge in [-0.15, -0.1) is 0 Å². The van der Waals surface area contributed by atoms with Crippen molar-refractivity contribution < 1.29 is 0 Å². The van der Waals surface area contributed by atoms with Gasteiger partial charge in [-0.3, -0.25) is 4.98 Å². The van der Waals surface area contributed by atoms with E-state index in [0.717, 1.165) is 24.6 Å². The van der Waals surface area contributed by atoms with E-state index >= 15 is 0 Å². The number of nitrogen functional groups attached to an aromatic ring is 1. The van der Waals surface area contributed by atoms with Crippen molar-refractivity contribution in [2.24, 2.45) is 5.92 Å². The van der Waals surface area contributed by atoms with Crippen LogP contribution in [0.4, 0.5) is 5.69 Å². The molecule has 3 N–H and O–H groups in total. The molecule has 3 heteroatoms. The first-order chi connectivity index (χ1) is 9.81. The van der Waals surface area contributed by atoms with E-state index in [4.69, 9.17) is 5.73 Å². The maximum absolute atomic E-state index is 6.08. The van der Waals surface area contributed by atoms with Crippen molar-refractivity contribution in [1.29, 1.82) is 0 Å². The van der Waals surface area contributed by atoms with Gasteiger partial charge >= 0.3 is 0 Å². The van der Waals surface area contributed by atoms with Crippen LogP contribution in [0, 0.1) is 5.92 Å². The molecule has 3 nitrogen and oxygen atoms in total. The van der Waals surface area contributed by atoms with Crippen LogP contribution in [0.1, 0.15) is 57.4 Å². The summed E-state index contributed by atoms with van der Waals surface area (Å²) in [5.41, 5.74) is 8.16. The molecule has 1 saturated carbocycles. The Bertz CT molecular complexity index is 384. The van der Waals surface area contributed by atoms with Crippen LogP contribution in [-0.2, 0) is 6.42 Å². The Balaban J connectivity index is 2.03. The Morgan fingerprint density at radius 2 is 1.95 bits per heavy atom. The van der Waals surface area contributed by atoms with E-state index in [2.05, 4.69) is 17.2 Å². The lowest BCUT2D eigenvalue weighted by molar-refractivity contribution is 0.286. The molecule has 1 unspecified atom stereocenters. The molecular weight excluding hydrogens is 246 g/mol. The standard InChI is InChI=1S/C17H29N3/c1-2-20-17(12-15-13-19-11-10-16(15)18)14-8-6-4-3-5-7-9-14/h10-11,13-14,17,20H,2-9,12H2,1H3,(H2,18,19). The summed E-state index contributed by atoms with van der Waals surface area (Å²) < 4.78 is 0. The Morgan fingerprint density at radius 3 is 2.60 bits per heavy atom. The highest BCUT2D eigenvalue weighted by Gasteiger charge is 2.22. The van der Waals surface area contributed by atoms with Gasteiger partial charge in [0, 0.05) is 24.1 Å². The zero-order valence-corrected chi connectivity index (χ0v) is 12.8. The lowest BCUT2D eigenvalue weighted by Gasteiger charge is -2.30. The number of anilines is 1. The van der Waals surface area contributed by atoms with Gasteiger partial charge in [-0.25, -0.2) is 0 Å². The topological polar surface area (TPSA) is 50.9 Å². The van der Waals surface area contributed by atoms with Crippen molar-refractivity contribution >= 4 is 5.69 Å². The van der Waals surface area contributed by atoms with Crippen molar-refractivity contribution in [3.8, 4) is 0 Å². The number of nitrogens with two attached hydrogens (primary N) is 1. The van der Waals surface area contributed by atoms with Gasteiger partial charge in [-0.05, 0) is 43.4 Å². The lowest BCUT2D eigenvalue weighted by atomic mass is 9.83. The third-order valence-electron chi connectivity index (χ3n) is 4.57. The van der Waals surface area contributed by atoms with Crippen LogP contribution >= 0.6 is 0 Å². The third-order valence-corrected chi connectivity index (χ3v) is 4.57. The predicted molar refractivity (Wildman–Crippen MR) is 85.6 cm³/mol. The maximum atomic E-state index is 6.08. The van der Waals surface area contributed by atoms with Crippen molar-refractivity contribution in [3.63, 3.8) is 0 Å². The Morgan fingerprint density at radius 1 is 1.25 bits per heavy atom. The van der Waals surface area contributed by atoms with Crippen LogP contribution in [0.25, 0.3) is 0 Å². The van der Waals surface area contributed by atoms with Crippen molar-refractivity contribution in [3.05, 3.63) is 24.0 Å². The molecule has 2 rings (SSSR count). The largest absolute Gasteiger partial charge is 0.398 e. The third kappa shape index (κ3) is 4.48. The quantitative estimate of drug-likeness (QED) is 0.864. The van der Waals surface area contributed by atoms with Crippen LogP contribution in [0.15, 0.2) is 18.5 Å². The second-order valence-electron chi connectivity index (χ2n) is 6.05. The van der Waals surface area contributed by atoms with E-state index in [1.165, 1.54) is 50.5 Å². The zero-order valence-electron chi connectivity index (χ0n) is 12.8. The Kier molecular flexibility index (Phi) is 6.31. The minimum absolute atomic E-state index is 0.546. The van der Waals surface area contributed by atoms with Gasteiger partial charge in [0.25, 0.3) is 0 Å². The molecule has 0 amide bonds. The number of nitrogens with zero attached hydrogens (tertiary/aromatic N) is 1. The molecule has 1 atom stereocenters.